The molecule has 10 heteroatoms. The maximum Gasteiger partial charge on any atom is 0.330 e. The molecule has 0 aromatic heterocycles. The summed E-state index contributed by atoms with van der Waals surface area (Å²) >= 11 is 0. The maximum absolute atomic E-state index is 12.2. The molecule has 0 radical (unpaired) electrons. The molecule has 0 amide bonds. The second kappa shape index (κ2) is 17.0. The summed E-state index contributed by atoms with van der Waals surface area (Å²) in [7, 11) is -4.45. The van der Waals surface area contributed by atoms with Crippen LogP contribution < -0.4 is 9.47 Å². The lowest BCUT2D eigenvalue weighted by molar-refractivity contribution is -0.145. The zero-order chi connectivity index (χ0) is 32.1. The predicted molar refractivity (Wildman–Crippen MR) is 170 cm³/mol. The van der Waals surface area contributed by atoms with Crippen molar-refractivity contribution in [3.8, 4) is 11.5 Å². The number of carbonyl (C=O) groups excluding carboxylic acids is 2. The van der Waals surface area contributed by atoms with Gasteiger partial charge in [-0.15, -0.1) is 0 Å². The fourth-order valence-electron chi connectivity index (χ4n) is 5.24. The Balaban J connectivity index is 2.04. The molecule has 0 saturated carbocycles. The van der Waals surface area contributed by atoms with Gasteiger partial charge in [0.25, 0.3) is 10.1 Å². The van der Waals surface area contributed by atoms with Crippen molar-refractivity contribution in [1.82, 2.24) is 0 Å². The van der Waals surface area contributed by atoms with Crippen molar-refractivity contribution in [3.05, 3.63) is 71.7 Å². The lowest BCUT2D eigenvalue weighted by Crippen LogP contribution is -2.26. The molecule has 0 saturated heterocycles. The summed E-state index contributed by atoms with van der Waals surface area (Å²) in [4.78, 5) is 24.0. The Bertz CT molecular complexity index is 1460. The Morgan fingerprint density at radius 1 is 0.841 bits per heavy atom. The van der Waals surface area contributed by atoms with Crippen LogP contribution in [0.5, 0.6) is 11.5 Å². The Hall–Kier alpha value is -3.63. The molecule has 3 rings (SSSR count). The normalized spacial score (nSPS) is 14.1. The zero-order valence-corrected chi connectivity index (χ0v) is 26.5. The monoisotopic (exact) mass is 628 g/mol. The van der Waals surface area contributed by atoms with Gasteiger partial charge in [-0.25, -0.2) is 9.59 Å². The van der Waals surface area contributed by atoms with Crippen molar-refractivity contribution >= 4 is 32.8 Å². The van der Waals surface area contributed by atoms with E-state index in [4.69, 9.17) is 18.9 Å². The van der Waals surface area contributed by atoms with E-state index >= 15 is 0 Å². The average molecular weight is 629 g/mol. The standard InChI is InChI=1S/C34H44O9S/c1-5-9-11-15-24(42-31(35)7-3)22-40-33-27-17-13-14-18-28(27)34(30-21-26(44(37,38)39)19-20-29(30)33)41-23-25(16-12-10-6-2)43-32(36)8-4/h7-8,13-14,17-19,24-25H,3-6,9-12,15-16,20-23H2,1-2H3,(H,37,38,39). The SMILES string of the molecule is C=CC(=O)OC(CCCCC)COc1c2c(c(OCC(CCCCC)OC(=O)C=C)c3ccccc13)CC(S(=O)(=O)O)=CC2. The quantitative estimate of drug-likeness (QED) is 0.0772. The Morgan fingerprint density at radius 2 is 1.32 bits per heavy atom. The largest absolute Gasteiger partial charge is 0.489 e. The van der Waals surface area contributed by atoms with E-state index in [1.165, 1.54) is 6.08 Å². The highest BCUT2D eigenvalue weighted by Crippen LogP contribution is 2.45. The van der Waals surface area contributed by atoms with Crippen molar-refractivity contribution in [2.75, 3.05) is 13.2 Å². The predicted octanol–water partition coefficient (Wildman–Crippen LogP) is 6.82. The molecule has 0 aliphatic heterocycles. The Labute approximate surface area is 260 Å². The van der Waals surface area contributed by atoms with Gasteiger partial charge in [0.2, 0.25) is 0 Å². The molecule has 2 aromatic carbocycles. The first-order valence-corrected chi connectivity index (χ1v) is 16.7. The summed E-state index contributed by atoms with van der Waals surface area (Å²) in [5, 5.41) is 1.41. The second-order valence-corrected chi connectivity index (χ2v) is 12.3. The third kappa shape index (κ3) is 9.69. The van der Waals surface area contributed by atoms with Gasteiger partial charge in [-0.05, 0) is 32.1 Å². The van der Waals surface area contributed by atoms with Gasteiger partial charge in [0, 0.05) is 40.5 Å². The minimum atomic E-state index is -4.45. The molecular weight excluding hydrogens is 584 g/mol. The second-order valence-electron chi connectivity index (χ2n) is 10.8. The van der Waals surface area contributed by atoms with E-state index in [1.807, 2.05) is 24.3 Å². The van der Waals surface area contributed by atoms with Crippen LogP contribution in [0.4, 0.5) is 0 Å². The van der Waals surface area contributed by atoms with Crippen molar-refractivity contribution in [2.24, 2.45) is 0 Å². The van der Waals surface area contributed by atoms with E-state index < -0.39 is 34.3 Å². The third-order valence-electron chi connectivity index (χ3n) is 7.53. The summed E-state index contributed by atoms with van der Waals surface area (Å²) in [5.41, 5.74) is 1.26. The number of unbranched alkanes of at least 4 members (excludes halogenated alkanes) is 4. The van der Waals surface area contributed by atoms with Gasteiger partial charge in [-0.1, -0.05) is 83.0 Å². The van der Waals surface area contributed by atoms with Gasteiger partial charge in [0.05, 0.1) is 4.91 Å². The van der Waals surface area contributed by atoms with Gasteiger partial charge in [0.15, 0.2) is 0 Å². The van der Waals surface area contributed by atoms with E-state index in [1.54, 1.807) is 0 Å². The van der Waals surface area contributed by atoms with Crippen LogP contribution in [0.1, 0.15) is 76.3 Å². The minimum Gasteiger partial charge on any atom is -0.489 e. The fourth-order valence-corrected chi connectivity index (χ4v) is 5.86. The number of esters is 2. The number of hydrogen-bond donors (Lipinski definition) is 1. The highest BCUT2D eigenvalue weighted by atomic mass is 32.2. The van der Waals surface area contributed by atoms with Crippen LogP contribution in [-0.4, -0.2) is 50.3 Å². The smallest absolute Gasteiger partial charge is 0.330 e. The number of allylic oxidation sites excluding steroid dienone is 2. The molecule has 44 heavy (non-hydrogen) atoms. The molecule has 2 aromatic rings. The van der Waals surface area contributed by atoms with Crippen LogP contribution >= 0.6 is 0 Å². The van der Waals surface area contributed by atoms with Crippen molar-refractivity contribution in [3.63, 3.8) is 0 Å². The molecule has 2 unspecified atom stereocenters. The average Bonchev–Trinajstić information content (AvgIpc) is 3.01. The van der Waals surface area contributed by atoms with Gasteiger partial charge < -0.3 is 18.9 Å². The number of hydrogen-bond acceptors (Lipinski definition) is 8. The number of rotatable bonds is 19. The van der Waals surface area contributed by atoms with E-state index in [9.17, 15) is 22.6 Å². The summed E-state index contributed by atoms with van der Waals surface area (Å²) in [6.45, 7) is 11.3. The van der Waals surface area contributed by atoms with Crippen molar-refractivity contribution in [1.29, 1.82) is 0 Å². The van der Waals surface area contributed by atoms with E-state index in [0.29, 0.717) is 40.9 Å². The molecule has 1 aliphatic rings. The zero-order valence-electron chi connectivity index (χ0n) is 25.7. The lowest BCUT2D eigenvalue weighted by Gasteiger charge is -2.27. The first kappa shape index (κ1) is 34.9. The summed E-state index contributed by atoms with van der Waals surface area (Å²) in [6, 6.07) is 7.44. The molecular formula is C34H44O9S. The highest BCUT2D eigenvalue weighted by Gasteiger charge is 2.29. The molecule has 0 bridgehead atoms. The van der Waals surface area contributed by atoms with Crippen LogP contribution in [0.3, 0.4) is 0 Å². The van der Waals surface area contributed by atoms with Crippen molar-refractivity contribution < 1.29 is 41.5 Å². The Morgan fingerprint density at radius 3 is 1.75 bits per heavy atom. The van der Waals surface area contributed by atoms with E-state index in [2.05, 4.69) is 27.0 Å². The number of fused-ring (bicyclic) bond motifs is 2. The number of benzene rings is 2. The summed E-state index contributed by atoms with van der Waals surface area (Å²) < 4.78 is 58.2. The third-order valence-corrected chi connectivity index (χ3v) is 8.50. The van der Waals surface area contributed by atoms with Gasteiger partial charge in [0.1, 0.15) is 36.9 Å². The highest BCUT2D eigenvalue weighted by molar-refractivity contribution is 7.89. The first-order chi connectivity index (χ1) is 21.1. The summed E-state index contributed by atoms with van der Waals surface area (Å²) in [5.74, 6) is -0.115. The van der Waals surface area contributed by atoms with Gasteiger partial charge in [-0.2, -0.15) is 8.42 Å². The minimum absolute atomic E-state index is 0.0435. The van der Waals surface area contributed by atoms with E-state index in [-0.39, 0.29) is 31.0 Å². The van der Waals surface area contributed by atoms with Gasteiger partial charge >= 0.3 is 11.9 Å². The summed E-state index contributed by atoms with van der Waals surface area (Å²) in [6.07, 6.45) is 9.59. The van der Waals surface area contributed by atoms with Crippen LogP contribution in [-0.2, 0) is 42.0 Å². The maximum atomic E-state index is 12.2. The Kier molecular flexibility index (Phi) is 13.5. The molecule has 1 aliphatic carbocycles. The van der Waals surface area contributed by atoms with Gasteiger partial charge in [-0.3, -0.25) is 4.55 Å². The fraction of sp³-hybridized carbons (Fsp3) is 0.471. The van der Waals surface area contributed by atoms with Crippen LogP contribution in [0.25, 0.3) is 10.8 Å². The van der Waals surface area contributed by atoms with Crippen molar-refractivity contribution in [2.45, 2.75) is 90.3 Å². The topological polar surface area (TPSA) is 125 Å². The molecule has 240 valence electrons. The van der Waals surface area contributed by atoms with E-state index in [0.717, 1.165) is 56.1 Å². The molecule has 2 atom stereocenters. The van der Waals surface area contributed by atoms with Crippen LogP contribution in [0.15, 0.2) is 60.6 Å². The molecule has 0 spiro atoms. The number of carbonyl (C=O) groups is 2. The molecule has 1 N–H and O–H groups in total. The molecule has 0 fully saturated rings. The first-order valence-electron chi connectivity index (χ1n) is 15.3. The molecule has 9 nitrogen and oxygen atoms in total. The van der Waals surface area contributed by atoms with Crippen LogP contribution in [0.2, 0.25) is 0 Å². The van der Waals surface area contributed by atoms with Crippen LogP contribution in [0, 0.1) is 0 Å². The lowest BCUT2D eigenvalue weighted by atomic mass is 9.90. The molecule has 0 heterocycles. The number of ether oxygens (including phenoxy) is 4.